The average Bonchev–Trinajstić information content (AvgIpc) is 2.26. The van der Waals surface area contributed by atoms with Crippen molar-refractivity contribution in [2.45, 2.75) is 17.9 Å². The minimum absolute atomic E-state index is 0.185. The third-order valence-electron chi connectivity index (χ3n) is 2.32. The smallest absolute Gasteiger partial charge is 0.264 e. The second-order valence-electron chi connectivity index (χ2n) is 4.03. The van der Waals surface area contributed by atoms with E-state index in [-0.39, 0.29) is 23.2 Å². The number of amides is 1. The van der Waals surface area contributed by atoms with Crippen LogP contribution in [-0.2, 0) is 13.8 Å². The molecule has 1 N–H and O–H groups in total. The molecule has 0 spiro atoms. The van der Waals surface area contributed by atoms with Gasteiger partial charge in [-0.1, -0.05) is 11.6 Å². The van der Waals surface area contributed by atoms with E-state index in [9.17, 15) is 17.6 Å². The van der Waals surface area contributed by atoms with E-state index in [1.165, 1.54) is 7.11 Å². The van der Waals surface area contributed by atoms with Crippen LogP contribution in [0.4, 0.5) is 4.39 Å². The van der Waals surface area contributed by atoms with Gasteiger partial charge < -0.3 is 10.1 Å². The molecule has 0 fully saturated rings. The predicted molar refractivity (Wildman–Crippen MR) is 73.3 cm³/mol. The summed E-state index contributed by atoms with van der Waals surface area (Å²) in [5.74, 6) is -1.77. The first-order valence-electron chi connectivity index (χ1n) is 5.40. The Balaban J connectivity index is 3.16. The molecule has 0 aliphatic rings. The summed E-state index contributed by atoms with van der Waals surface area (Å²) in [6.45, 7) is 1.93. The van der Waals surface area contributed by atoms with E-state index >= 15 is 0 Å². The van der Waals surface area contributed by atoms with Crippen molar-refractivity contribution in [3.63, 3.8) is 0 Å². The molecule has 0 bridgehead atoms. The summed E-state index contributed by atoms with van der Waals surface area (Å²) >= 11 is 5.74. The fourth-order valence-corrected chi connectivity index (χ4v) is 2.62. The molecule has 0 saturated carbocycles. The van der Waals surface area contributed by atoms with Gasteiger partial charge >= 0.3 is 0 Å². The van der Waals surface area contributed by atoms with Crippen LogP contribution >= 0.6 is 22.3 Å². The van der Waals surface area contributed by atoms with Crippen LogP contribution in [0.3, 0.4) is 0 Å². The zero-order valence-corrected chi connectivity index (χ0v) is 12.9. The molecule has 20 heavy (non-hydrogen) atoms. The Morgan fingerprint density at radius 1 is 1.50 bits per heavy atom. The minimum atomic E-state index is -4.31. The van der Waals surface area contributed by atoms with Gasteiger partial charge in [-0.25, -0.2) is 12.8 Å². The molecule has 1 amide bonds. The summed E-state index contributed by atoms with van der Waals surface area (Å²) in [5.41, 5.74) is -0.185. The van der Waals surface area contributed by atoms with Gasteiger partial charge in [-0.05, 0) is 19.1 Å². The molecule has 1 aromatic rings. The second-order valence-corrected chi connectivity index (χ2v) is 6.97. The fourth-order valence-electron chi connectivity index (χ4n) is 1.48. The Morgan fingerprint density at radius 2 is 2.10 bits per heavy atom. The molecule has 0 aliphatic carbocycles. The molecule has 0 aliphatic heterocycles. The number of benzene rings is 1. The minimum Gasteiger partial charge on any atom is -0.383 e. The Kier molecular flexibility index (Phi) is 5.76. The van der Waals surface area contributed by atoms with Crippen LogP contribution in [0.2, 0.25) is 5.02 Å². The van der Waals surface area contributed by atoms with Gasteiger partial charge in [-0.3, -0.25) is 4.79 Å². The van der Waals surface area contributed by atoms with Crippen molar-refractivity contribution in [3.05, 3.63) is 28.5 Å². The lowest BCUT2D eigenvalue weighted by Crippen LogP contribution is -2.35. The van der Waals surface area contributed by atoms with Crippen molar-refractivity contribution >= 4 is 37.2 Å². The van der Waals surface area contributed by atoms with Gasteiger partial charge in [0.25, 0.3) is 15.0 Å². The van der Waals surface area contributed by atoms with Gasteiger partial charge in [0, 0.05) is 23.8 Å². The number of hydrogen-bond acceptors (Lipinski definition) is 4. The van der Waals surface area contributed by atoms with E-state index in [1.54, 1.807) is 6.92 Å². The molecule has 1 rings (SSSR count). The maximum Gasteiger partial charge on any atom is 0.264 e. The highest BCUT2D eigenvalue weighted by Gasteiger charge is 2.22. The van der Waals surface area contributed by atoms with E-state index < -0.39 is 25.7 Å². The molecular weight excluding hydrogens is 332 g/mol. The van der Waals surface area contributed by atoms with E-state index in [4.69, 9.17) is 27.0 Å². The van der Waals surface area contributed by atoms with Crippen molar-refractivity contribution in [2.75, 3.05) is 13.7 Å². The number of carbonyl (C=O) groups is 1. The van der Waals surface area contributed by atoms with Gasteiger partial charge in [-0.15, -0.1) is 0 Å². The maximum absolute atomic E-state index is 13.5. The van der Waals surface area contributed by atoms with E-state index in [2.05, 4.69) is 5.32 Å². The van der Waals surface area contributed by atoms with Crippen LogP contribution in [0.15, 0.2) is 17.0 Å². The van der Waals surface area contributed by atoms with Gasteiger partial charge in [0.1, 0.15) is 10.7 Å². The molecule has 0 saturated heterocycles. The highest BCUT2D eigenvalue weighted by Crippen LogP contribution is 2.26. The lowest BCUT2D eigenvalue weighted by Gasteiger charge is -2.14. The predicted octanol–water partition coefficient (Wildman–Crippen LogP) is 2.17. The van der Waals surface area contributed by atoms with Crippen LogP contribution in [-0.4, -0.2) is 34.1 Å². The zero-order chi connectivity index (χ0) is 15.5. The molecular formula is C11H12Cl2FNO4S. The molecule has 1 aromatic carbocycles. The average molecular weight is 344 g/mol. The van der Waals surface area contributed by atoms with E-state index in [0.717, 1.165) is 12.1 Å². The second kappa shape index (κ2) is 6.71. The van der Waals surface area contributed by atoms with E-state index in [0.29, 0.717) is 0 Å². The molecule has 0 radical (unpaired) electrons. The first-order valence-corrected chi connectivity index (χ1v) is 8.09. The Bertz CT molecular complexity index is 621. The first-order chi connectivity index (χ1) is 9.16. The zero-order valence-electron chi connectivity index (χ0n) is 10.6. The van der Waals surface area contributed by atoms with Crippen LogP contribution < -0.4 is 5.32 Å². The highest BCUT2D eigenvalue weighted by atomic mass is 35.7. The molecule has 1 atom stereocenters. The number of hydrogen-bond donors (Lipinski definition) is 1. The molecule has 0 aromatic heterocycles. The number of carbonyl (C=O) groups excluding carboxylic acids is 1. The van der Waals surface area contributed by atoms with Crippen molar-refractivity contribution < 1.29 is 22.3 Å². The normalized spacial score (nSPS) is 13.1. The summed E-state index contributed by atoms with van der Waals surface area (Å²) < 4.78 is 40.7. The van der Waals surface area contributed by atoms with Crippen molar-refractivity contribution in [1.29, 1.82) is 0 Å². The lowest BCUT2D eigenvalue weighted by molar-refractivity contribution is 0.0905. The van der Waals surface area contributed by atoms with Gasteiger partial charge in [0.05, 0.1) is 17.2 Å². The summed E-state index contributed by atoms with van der Waals surface area (Å²) in [6.07, 6.45) is 0. The third kappa shape index (κ3) is 4.31. The SMILES string of the molecule is COCC(C)NC(=O)c1cc(S(=O)(=O)Cl)c(F)cc1Cl. The van der Waals surface area contributed by atoms with Gasteiger partial charge in [-0.2, -0.15) is 0 Å². The molecule has 1 unspecified atom stereocenters. The Morgan fingerprint density at radius 3 is 2.60 bits per heavy atom. The van der Waals surface area contributed by atoms with Crippen LogP contribution in [0.5, 0.6) is 0 Å². The van der Waals surface area contributed by atoms with E-state index in [1.807, 2.05) is 0 Å². The van der Waals surface area contributed by atoms with Crippen molar-refractivity contribution in [3.8, 4) is 0 Å². The topological polar surface area (TPSA) is 72.5 Å². The number of rotatable bonds is 5. The van der Waals surface area contributed by atoms with Crippen LogP contribution in [0, 0.1) is 5.82 Å². The largest absolute Gasteiger partial charge is 0.383 e. The number of halogens is 3. The van der Waals surface area contributed by atoms with Crippen LogP contribution in [0.25, 0.3) is 0 Å². The lowest BCUT2D eigenvalue weighted by atomic mass is 10.2. The fraction of sp³-hybridized carbons (Fsp3) is 0.364. The summed E-state index contributed by atoms with van der Waals surface area (Å²) in [6, 6.07) is 1.20. The monoisotopic (exact) mass is 343 g/mol. The quantitative estimate of drug-likeness (QED) is 0.831. The number of ether oxygens (including phenoxy) is 1. The Hall–Kier alpha value is -0.890. The number of methoxy groups -OCH3 is 1. The molecule has 112 valence electrons. The van der Waals surface area contributed by atoms with Crippen molar-refractivity contribution in [2.24, 2.45) is 0 Å². The summed E-state index contributed by atoms with van der Waals surface area (Å²) in [7, 11) is 2.24. The summed E-state index contributed by atoms with van der Waals surface area (Å²) in [5, 5.41) is 2.31. The standard InChI is InChI=1S/C11H12Cl2FNO4S/c1-6(5-19-2)15-11(16)7-3-10(20(13,17)18)9(14)4-8(7)12/h3-4,6H,5H2,1-2H3,(H,15,16). The highest BCUT2D eigenvalue weighted by molar-refractivity contribution is 8.13. The maximum atomic E-state index is 13.5. The molecule has 0 heterocycles. The first kappa shape index (κ1) is 17.2. The third-order valence-corrected chi connectivity index (χ3v) is 3.97. The van der Waals surface area contributed by atoms with Gasteiger partial charge in [0.2, 0.25) is 0 Å². The van der Waals surface area contributed by atoms with Crippen LogP contribution in [0.1, 0.15) is 17.3 Å². The number of nitrogens with one attached hydrogen (secondary N) is 1. The Labute approximate surface area is 125 Å². The molecule has 9 heteroatoms. The van der Waals surface area contributed by atoms with Crippen molar-refractivity contribution in [1.82, 2.24) is 5.32 Å². The summed E-state index contributed by atoms with van der Waals surface area (Å²) in [4.78, 5) is 11.1. The molecule has 5 nitrogen and oxygen atoms in total. The van der Waals surface area contributed by atoms with Gasteiger partial charge in [0.15, 0.2) is 0 Å².